The molecule has 0 bridgehead atoms. The molecule has 2 rings (SSSR count). The summed E-state index contributed by atoms with van der Waals surface area (Å²) in [5, 5.41) is 2.88. The molecule has 1 unspecified atom stereocenters. The number of nitrogens with two attached hydrogens (primary N) is 1. The molecule has 6 heteroatoms. The van der Waals surface area contributed by atoms with E-state index in [1.807, 2.05) is 37.3 Å². The van der Waals surface area contributed by atoms with Crippen molar-refractivity contribution in [2.75, 3.05) is 25.6 Å². The van der Waals surface area contributed by atoms with Gasteiger partial charge in [-0.15, -0.1) is 12.4 Å². The van der Waals surface area contributed by atoms with Gasteiger partial charge < -0.3 is 20.5 Å². The van der Waals surface area contributed by atoms with Gasteiger partial charge in [-0.3, -0.25) is 4.79 Å². The van der Waals surface area contributed by atoms with Gasteiger partial charge in [0.25, 0.3) is 0 Å². The maximum atomic E-state index is 12.5. The summed E-state index contributed by atoms with van der Waals surface area (Å²) >= 11 is 0. The number of rotatable bonds is 7. The Kier molecular flexibility index (Phi) is 8.09. The van der Waals surface area contributed by atoms with Crippen LogP contribution in [0.3, 0.4) is 0 Å². The van der Waals surface area contributed by atoms with Gasteiger partial charge in [-0.25, -0.2) is 0 Å². The molecule has 0 fully saturated rings. The van der Waals surface area contributed by atoms with Gasteiger partial charge in [0.2, 0.25) is 5.91 Å². The van der Waals surface area contributed by atoms with Gasteiger partial charge in [0.15, 0.2) is 11.5 Å². The minimum Gasteiger partial charge on any atom is -0.493 e. The van der Waals surface area contributed by atoms with Crippen LogP contribution in [0.5, 0.6) is 11.5 Å². The molecule has 24 heavy (non-hydrogen) atoms. The van der Waals surface area contributed by atoms with E-state index >= 15 is 0 Å². The SMILES string of the molecule is CCOc1ccc(NC(=O)C(CN)c2ccccc2)cc1OC.Cl. The maximum absolute atomic E-state index is 12.5. The van der Waals surface area contributed by atoms with Crippen LogP contribution in [0.1, 0.15) is 18.4 Å². The third-order valence-corrected chi connectivity index (χ3v) is 3.49. The topological polar surface area (TPSA) is 73.6 Å². The lowest BCUT2D eigenvalue weighted by Gasteiger charge is -2.16. The lowest BCUT2D eigenvalue weighted by molar-refractivity contribution is -0.117. The van der Waals surface area contributed by atoms with Crippen molar-refractivity contribution < 1.29 is 14.3 Å². The van der Waals surface area contributed by atoms with Crippen LogP contribution in [0.4, 0.5) is 5.69 Å². The first-order valence-corrected chi connectivity index (χ1v) is 7.56. The molecule has 0 aliphatic carbocycles. The molecular weight excluding hydrogens is 328 g/mol. The second kappa shape index (κ2) is 9.80. The number of benzene rings is 2. The Hall–Kier alpha value is -2.24. The molecule has 0 aromatic heterocycles. The molecule has 0 saturated heterocycles. The van der Waals surface area contributed by atoms with Gasteiger partial charge in [0.05, 0.1) is 19.6 Å². The van der Waals surface area contributed by atoms with Crippen LogP contribution < -0.4 is 20.5 Å². The Morgan fingerprint density at radius 3 is 2.46 bits per heavy atom. The van der Waals surface area contributed by atoms with Crippen LogP contribution in [0.2, 0.25) is 0 Å². The summed E-state index contributed by atoms with van der Waals surface area (Å²) in [7, 11) is 1.57. The molecule has 0 spiro atoms. The lowest BCUT2D eigenvalue weighted by Crippen LogP contribution is -2.27. The van der Waals surface area contributed by atoms with Crippen molar-refractivity contribution in [3.8, 4) is 11.5 Å². The van der Waals surface area contributed by atoms with Crippen LogP contribution in [0, 0.1) is 0 Å². The van der Waals surface area contributed by atoms with Crippen LogP contribution in [0.15, 0.2) is 48.5 Å². The number of carbonyl (C=O) groups excluding carboxylic acids is 1. The van der Waals surface area contributed by atoms with E-state index in [0.717, 1.165) is 5.56 Å². The molecule has 3 N–H and O–H groups in total. The number of nitrogens with one attached hydrogen (secondary N) is 1. The number of hydrogen-bond donors (Lipinski definition) is 2. The van der Waals surface area contributed by atoms with Crippen molar-refractivity contribution in [2.45, 2.75) is 12.8 Å². The van der Waals surface area contributed by atoms with Crippen LogP contribution in [0.25, 0.3) is 0 Å². The number of hydrogen-bond acceptors (Lipinski definition) is 4. The highest BCUT2D eigenvalue weighted by atomic mass is 35.5. The zero-order valence-electron chi connectivity index (χ0n) is 13.8. The molecule has 2 aromatic carbocycles. The Bertz CT molecular complexity index is 650. The van der Waals surface area contributed by atoms with E-state index in [0.29, 0.717) is 23.8 Å². The van der Waals surface area contributed by atoms with Gasteiger partial charge >= 0.3 is 0 Å². The zero-order chi connectivity index (χ0) is 16.7. The summed E-state index contributed by atoms with van der Waals surface area (Å²) in [6.07, 6.45) is 0. The predicted octanol–water partition coefficient (Wildman–Crippen LogP) is 3.20. The largest absolute Gasteiger partial charge is 0.493 e. The molecule has 0 aliphatic heterocycles. The van der Waals surface area contributed by atoms with Crippen molar-refractivity contribution >= 4 is 24.0 Å². The van der Waals surface area contributed by atoms with E-state index in [4.69, 9.17) is 15.2 Å². The van der Waals surface area contributed by atoms with E-state index in [1.165, 1.54) is 0 Å². The van der Waals surface area contributed by atoms with Gasteiger partial charge in [0.1, 0.15) is 0 Å². The first-order chi connectivity index (χ1) is 11.2. The molecule has 1 atom stereocenters. The van der Waals surface area contributed by atoms with Gasteiger partial charge in [-0.1, -0.05) is 30.3 Å². The Morgan fingerprint density at radius 1 is 1.17 bits per heavy atom. The number of ether oxygens (including phenoxy) is 2. The molecule has 5 nitrogen and oxygen atoms in total. The first kappa shape index (κ1) is 19.8. The lowest BCUT2D eigenvalue weighted by atomic mass is 9.98. The number of amides is 1. The van der Waals surface area contributed by atoms with Crippen molar-refractivity contribution in [3.05, 3.63) is 54.1 Å². The second-order valence-corrected chi connectivity index (χ2v) is 4.99. The molecule has 1 amide bonds. The molecule has 0 aliphatic rings. The molecule has 2 aromatic rings. The van der Waals surface area contributed by atoms with E-state index in [2.05, 4.69) is 5.32 Å². The Balaban J connectivity index is 0.00000288. The molecular formula is C18H23ClN2O3. The summed E-state index contributed by atoms with van der Waals surface area (Å²) in [6, 6.07) is 14.8. The fourth-order valence-corrected chi connectivity index (χ4v) is 2.33. The fourth-order valence-electron chi connectivity index (χ4n) is 2.33. The highest BCUT2D eigenvalue weighted by Gasteiger charge is 2.19. The summed E-state index contributed by atoms with van der Waals surface area (Å²) in [5.41, 5.74) is 7.31. The van der Waals surface area contributed by atoms with E-state index in [9.17, 15) is 4.79 Å². The summed E-state index contributed by atoms with van der Waals surface area (Å²) in [5.74, 6) is 0.679. The average Bonchev–Trinajstić information content (AvgIpc) is 2.58. The molecule has 0 saturated carbocycles. The third kappa shape index (κ3) is 4.88. The van der Waals surface area contributed by atoms with Gasteiger partial charge in [-0.05, 0) is 24.6 Å². The average molecular weight is 351 g/mol. The predicted molar refractivity (Wildman–Crippen MR) is 98.3 cm³/mol. The van der Waals surface area contributed by atoms with Crippen LogP contribution >= 0.6 is 12.4 Å². The Labute approximate surface area is 148 Å². The highest BCUT2D eigenvalue weighted by molar-refractivity contribution is 5.96. The van der Waals surface area contributed by atoms with Gasteiger partial charge in [0, 0.05) is 18.3 Å². The van der Waals surface area contributed by atoms with Crippen molar-refractivity contribution in [2.24, 2.45) is 5.73 Å². The number of methoxy groups -OCH3 is 1. The molecule has 0 heterocycles. The number of carbonyl (C=O) groups is 1. The van der Waals surface area contributed by atoms with Crippen molar-refractivity contribution in [1.82, 2.24) is 0 Å². The van der Waals surface area contributed by atoms with Crippen LogP contribution in [-0.4, -0.2) is 26.2 Å². The first-order valence-electron chi connectivity index (χ1n) is 7.56. The smallest absolute Gasteiger partial charge is 0.233 e. The van der Waals surface area contributed by atoms with Gasteiger partial charge in [-0.2, -0.15) is 0 Å². The summed E-state index contributed by atoms with van der Waals surface area (Å²) < 4.78 is 10.8. The standard InChI is InChI=1S/C18H22N2O3.ClH/c1-3-23-16-10-9-14(11-17(16)22-2)20-18(21)15(12-19)13-7-5-4-6-8-13;/h4-11,15H,3,12,19H2,1-2H3,(H,20,21);1H. The minimum absolute atomic E-state index is 0. The van der Waals surface area contributed by atoms with Crippen molar-refractivity contribution in [1.29, 1.82) is 0 Å². The second-order valence-electron chi connectivity index (χ2n) is 4.99. The maximum Gasteiger partial charge on any atom is 0.233 e. The highest BCUT2D eigenvalue weighted by Crippen LogP contribution is 2.30. The molecule has 130 valence electrons. The third-order valence-electron chi connectivity index (χ3n) is 3.49. The van der Waals surface area contributed by atoms with Crippen LogP contribution in [-0.2, 0) is 4.79 Å². The quantitative estimate of drug-likeness (QED) is 0.804. The summed E-state index contributed by atoms with van der Waals surface area (Å²) in [4.78, 5) is 12.5. The number of halogens is 1. The van der Waals surface area contributed by atoms with E-state index in [1.54, 1.807) is 25.3 Å². The minimum atomic E-state index is -0.395. The monoisotopic (exact) mass is 350 g/mol. The number of anilines is 1. The zero-order valence-corrected chi connectivity index (χ0v) is 14.6. The Morgan fingerprint density at radius 2 is 1.88 bits per heavy atom. The van der Waals surface area contributed by atoms with E-state index in [-0.39, 0.29) is 24.9 Å². The van der Waals surface area contributed by atoms with Crippen molar-refractivity contribution in [3.63, 3.8) is 0 Å². The normalized spacial score (nSPS) is 11.1. The fraction of sp³-hybridized carbons (Fsp3) is 0.278. The summed E-state index contributed by atoms with van der Waals surface area (Å²) in [6.45, 7) is 2.69. The molecule has 0 radical (unpaired) electrons. The van der Waals surface area contributed by atoms with E-state index < -0.39 is 5.92 Å².